The fourth-order valence-electron chi connectivity index (χ4n) is 4.67. The second kappa shape index (κ2) is 12.1. The number of hydrogen-bond donors (Lipinski definition) is 3. The summed E-state index contributed by atoms with van der Waals surface area (Å²) < 4.78 is 5.82. The van der Waals surface area contributed by atoms with Crippen molar-refractivity contribution in [3.63, 3.8) is 0 Å². The lowest BCUT2D eigenvalue weighted by atomic mass is 10.0. The van der Waals surface area contributed by atoms with Gasteiger partial charge < -0.3 is 31.5 Å². The third kappa shape index (κ3) is 6.07. The number of aromatic nitrogens is 3. The molecule has 2 aliphatic heterocycles. The van der Waals surface area contributed by atoms with E-state index >= 15 is 0 Å². The number of thioether (sulfide) groups is 1. The van der Waals surface area contributed by atoms with Crippen LogP contribution in [0.2, 0.25) is 0 Å². The van der Waals surface area contributed by atoms with Crippen LogP contribution in [0.15, 0.2) is 53.1 Å². The fourth-order valence-corrected chi connectivity index (χ4v) is 6.42. The summed E-state index contributed by atoms with van der Waals surface area (Å²) in [5.74, 6) is -3.12. The predicted octanol–water partition coefficient (Wildman–Crippen LogP) is -1.17. The molecular weight excluding hydrogens is 572 g/mol. The zero-order valence-electron chi connectivity index (χ0n) is 21.6. The average Bonchev–Trinajstić information content (AvgIpc) is 3.63. The third-order valence-corrected chi connectivity index (χ3v) is 8.60. The monoisotopic (exact) mass is 598 g/mol. The number of nitrogens with one attached hydrogen (secondary N) is 1. The van der Waals surface area contributed by atoms with Gasteiger partial charge in [0.1, 0.15) is 17.5 Å². The van der Waals surface area contributed by atoms with E-state index in [0.29, 0.717) is 17.7 Å². The van der Waals surface area contributed by atoms with E-state index in [1.54, 1.807) is 41.2 Å². The SMILES string of the molecule is NC(=O)c1cc[n+](CC=CC2=C(C(=O)[O-])N3C(=O)C(NC(=O)C(=NOC4CCCC4)c4nsc(N)n4)[C@@H]3SC2)cc1. The maximum absolute atomic E-state index is 13.2. The molecule has 0 radical (unpaired) electrons. The molecule has 1 saturated carbocycles. The number of aliphatic carboxylic acids is 1. The molecule has 2 atom stereocenters. The number of nitrogens with two attached hydrogens (primary N) is 2. The number of carbonyl (C=O) groups is 4. The molecule has 0 aromatic carbocycles. The van der Waals surface area contributed by atoms with E-state index in [0.717, 1.165) is 42.1 Å². The van der Waals surface area contributed by atoms with E-state index in [1.165, 1.54) is 11.8 Å². The van der Waals surface area contributed by atoms with Crippen molar-refractivity contribution in [3.8, 4) is 0 Å². The van der Waals surface area contributed by atoms with Crippen LogP contribution in [0.3, 0.4) is 0 Å². The highest BCUT2D eigenvalue weighted by Gasteiger charge is 2.53. The Labute approximate surface area is 242 Å². The number of nitrogen functional groups attached to an aromatic ring is 1. The zero-order valence-corrected chi connectivity index (χ0v) is 23.2. The van der Waals surface area contributed by atoms with Crippen LogP contribution in [0.1, 0.15) is 41.9 Å². The molecule has 14 nitrogen and oxygen atoms in total. The standard InChI is InChI=1S/C25H26N8O6S2/c26-19(34)13-7-10-32(11-8-13)9-3-4-14-12-40-23-17(22(36)33(23)18(14)24(37)38)28-21(35)16(20-29-25(27)41-31-20)30-39-15-5-1-2-6-15/h3-4,7-8,10-11,15,17,23H,1-2,5-6,9,12H2,(H5-,26,27,28,29,31,34,35,37,38)/t17?,23-/m0/s1. The van der Waals surface area contributed by atoms with Gasteiger partial charge in [-0.3, -0.25) is 19.3 Å². The number of carbonyl (C=O) groups excluding carboxylic acids is 4. The van der Waals surface area contributed by atoms with E-state index in [1.807, 2.05) is 0 Å². The first-order valence-electron chi connectivity index (χ1n) is 12.7. The molecule has 0 bridgehead atoms. The Kier molecular flexibility index (Phi) is 8.30. The quantitative estimate of drug-likeness (QED) is 0.129. The number of amides is 3. The van der Waals surface area contributed by atoms with Gasteiger partial charge in [-0.1, -0.05) is 11.2 Å². The highest BCUT2D eigenvalue weighted by Crippen LogP contribution is 2.40. The second-order valence-electron chi connectivity index (χ2n) is 9.48. The molecule has 2 aromatic heterocycles. The molecule has 1 aliphatic carbocycles. The number of fused-ring (bicyclic) bond motifs is 1. The van der Waals surface area contributed by atoms with Crippen LogP contribution in [0, 0.1) is 0 Å². The van der Waals surface area contributed by atoms with Crippen molar-refractivity contribution >= 4 is 57.8 Å². The maximum Gasteiger partial charge on any atom is 0.278 e. The first kappa shape index (κ1) is 28.2. The predicted molar refractivity (Wildman–Crippen MR) is 146 cm³/mol. The van der Waals surface area contributed by atoms with Crippen LogP contribution in [0.25, 0.3) is 0 Å². The Morgan fingerprint density at radius 3 is 2.63 bits per heavy atom. The van der Waals surface area contributed by atoms with Crippen LogP contribution in [-0.4, -0.2) is 66.9 Å². The third-order valence-electron chi connectivity index (χ3n) is 6.75. The van der Waals surface area contributed by atoms with Crippen molar-refractivity contribution in [2.45, 2.75) is 49.7 Å². The zero-order chi connectivity index (χ0) is 29.1. The lowest BCUT2D eigenvalue weighted by Crippen LogP contribution is -2.71. The van der Waals surface area contributed by atoms with Gasteiger partial charge in [-0.05, 0) is 37.3 Å². The minimum absolute atomic E-state index is 0.0206. The summed E-state index contributed by atoms with van der Waals surface area (Å²) in [5, 5.41) is 18.2. The lowest BCUT2D eigenvalue weighted by molar-refractivity contribution is -0.687. The molecule has 16 heteroatoms. The van der Waals surface area contributed by atoms with E-state index in [-0.39, 0.29) is 34.2 Å². The van der Waals surface area contributed by atoms with Gasteiger partial charge in [0.15, 0.2) is 24.1 Å². The number of rotatable bonds is 10. The van der Waals surface area contributed by atoms with Crippen LogP contribution < -0.4 is 26.5 Å². The van der Waals surface area contributed by atoms with Crippen molar-refractivity contribution in [2.75, 3.05) is 11.5 Å². The molecule has 5 rings (SSSR count). The summed E-state index contributed by atoms with van der Waals surface area (Å²) in [4.78, 5) is 60.3. The number of β-lactam (4-membered cyclic amide) rings is 1. The van der Waals surface area contributed by atoms with Gasteiger partial charge in [0.2, 0.25) is 17.4 Å². The van der Waals surface area contributed by atoms with Gasteiger partial charge in [0.05, 0.1) is 17.2 Å². The summed E-state index contributed by atoms with van der Waals surface area (Å²) in [5.41, 5.74) is 11.2. The summed E-state index contributed by atoms with van der Waals surface area (Å²) >= 11 is 2.20. The van der Waals surface area contributed by atoms with Gasteiger partial charge in [0, 0.05) is 29.4 Å². The fraction of sp³-hybridized carbons (Fsp3) is 0.360. The highest BCUT2D eigenvalue weighted by molar-refractivity contribution is 8.00. The van der Waals surface area contributed by atoms with Crippen molar-refractivity contribution in [2.24, 2.45) is 10.9 Å². The van der Waals surface area contributed by atoms with Crippen molar-refractivity contribution in [1.29, 1.82) is 0 Å². The lowest BCUT2D eigenvalue weighted by Gasteiger charge is -2.50. The highest BCUT2D eigenvalue weighted by atomic mass is 32.2. The molecule has 0 spiro atoms. The average molecular weight is 599 g/mol. The number of anilines is 1. The number of oxime groups is 1. The summed E-state index contributed by atoms with van der Waals surface area (Å²) in [6.45, 7) is 0.379. The largest absolute Gasteiger partial charge is 0.543 e. The number of hydrogen-bond acceptors (Lipinski definition) is 12. The molecule has 5 N–H and O–H groups in total. The smallest absolute Gasteiger partial charge is 0.278 e. The van der Waals surface area contributed by atoms with Gasteiger partial charge in [-0.2, -0.15) is 9.36 Å². The summed E-state index contributed by atoms with van der Waals surface area (Å²) in [6.07, 6.45) is 10.2. The normalized spacial score (nSPS) is 21.1. The molecule has 2 aromatic rings. The Hall–Kier alpha value is -4.31. The summed E-state index contributed by atoms with van der Waals surface area (Å²) in [6, 6.07) is 2.15. The van der Waals surface area contributed by atoms with Gasteiger partial charge >= 0.3 is 0 Å². The van der Waals surface area contributed by atoms with Crippen molar-refractivity contribution < 1.29 is 33.7 Å². The van der Waals surface area contributed by atoms with E-state index in [2.05, 4.69) is 19.8 Å². The van der Waals surface area contributed by atoms with Crippen molar-refractivity contribution in [3.05, 3.63) is 59.3 Å². The molecule has 214 valence electrons. The van der Waals surface area contributed by atoms with Crippen LogP contribution in [-0.2, 0) is 25.8 Å². The number of primary amides is 1. The molecule has 1 saturated heterocycles. The molecule has 41 heavy (non-hydrogen) atoms. The second-order valence-corrected chi connectivity index (χ2v) is 11.4. The van der Waals surface area contributed by atoms with E-state index in [9.17, 15) is 24.3 Å². The Bertz CT molecular complexity index is 1460. The number of carboxylic acid groups (broad SMARTS) is 1. The maximum atomic E-state index is 13.2. The number of carboxylic acids is 1. The Balaban J connectivity index is 1.28. The first-order valence-corrected chi connectivity index (χ1v) is 14.5. The Morgan fingerprint density at radius 2 is 2.00 bits per heavy atom. The van der Waals surface area contributed by atoms with Crippen LogP contribution >= 0.6 is 23.3 Å². The van der Waals surface area contributed by atoms with E-state index < -0.39 is 35.1 Å². The van der Waals surface area contributed by atoms with E-state index in [4.69, 9.17) is 16.3 Å². The minimum Gasteiger partial charge on any atom is -0.543 e. The number of nitrogens with zero attached hydrogens (tertiary/aromatic N) is 5. The molecule has 3 aliphatic rings. The van der Waals surface area contributed by atoms with Crippen LogP contribution in [0.5, 0.6) is 0 Å². The van der Waals surface area contributed by atoms with Gasteiger partial charge in [-0.25, -0.2) is 4.57 Å². The molecular formula is C25H26N8O6S2. The van der Waals surface area contributed by atoms with Crippen LogP contribution in [0.4, 0.5) is 5.13 Å². The van der Waals surface area contributed by atoms with Gasteiger partial charge in [-0.15, -0.1) is 11.8 Å². The van der Waals surface area contributed by atoms with Crippen molar-refractivity contribution in [1.82, 2.24) is 19.6 Å². The summed E-state index contributed by atoms with van der Waals surface area (Å²) in [7, 11) is 0. The van der Waals surface area contributed by atoms with Gasteiger partial charge in [0.25, 0.3) is 11.8 Å². The molecule has 3 amide bonds. The molecule has 4 heterocycles. The number of pyridine rings is 1. The molecule has 2 fully saturated rings. The Morgan fingerprint density at radius 1 is 1.27 bits per heavy atom. The first-order chi connectivity index (χ1) is 19.7. The minimum atomic E-state index is -1.50. The number of allylic oxidation sites excluding steroid dienone is 2. The topological polar surface area (TPSA) is 210 Å². The molecule has 1 unspecified atom stereocenters.